The van der Waals surface area contributed by atoms with Crippen LogP contribution in [0.25, 0.3) is 0 Å². The second-order valence-corrected chi connectivity index (χ2v) is 6.23. The number of rotatable bonds is 5. The zero-order valence-corrected chi connectivity index (χ0v) is 11.9. The number of hydrogen-bond acceptors (Lipinski definition) is 3. The normalized spacial score (nSPS) is 16.6. The van der Waals surface area contributed by atoms with Gasteiger partial charge in [-0.15, -0.1) is 0 Å². The summed E-state index contributed by atoms with van der Waals surface area (Å²) in [6.07, 6.45) is 0.889. The van der Waals surface area contributed by atoms with Gasteiger partial charge in [0, 0.05) is 13.1 Å². The molecule has 0 fully saturated rings. The molecule has 2 rings (SSSR count). The van der Waals surface area contributed by atoms with E-state index in [0.717, 1.165) is 6.42 Å². The van der Waals surface area contributed by atoms with Crippen LogP contribution in [-0.2, 0) is 26.6 Å². The lowest BCUT2D eigenvalue weighted by molar-refractivity contribution is 0.162. The van der Waals surface area contributed by atoms with Crippen LogP contribution in [0.4, 0.5) is 0 Å². The Morgan fingerprint density at radius 1 is 1.17 bits per heavy atom. The van der Waals surface area contributed by atoms with Gasteiger partial charge in [0.05, 0.1) is 13.2 Å². The Labute approximate surface area is 108 Å². The Morgan fingerprint density at radius 3 is 2.39 bits per heavy atom. The Kier molecular flexibility index (Phi) is 4.57. The van der Waals surface area contributed by atoms with Crippen molar-refractivity contribution in [2.75, 3.05) is 19.8 Å². The highest BCUT2D eigenvalue weighted by atomic mass is 31.2. The molecule has 100 valence electrons. The van der Waals surface area contributed by atoms with Crippen molar-refractivity contribution in [1.82, 2.24) is 4.67 Å². The second-order valence-electron chi connectivity index (χ2n) is 4.21. The van der Waals surface area contributed by atoms with Gasteiger partial charge in [-0.3, -0.25) is 9.05 Å². The molecule has 0 aliphatic carbocycles. The van der Waals surface area contributed by atoms with Gasteiger partial charge in [-0.05, 0) is 31.4 Å². The van der Waals surface area contributed by atoms with Crippen LogP contribution in [-0.4, -0.2) is 24.4 Å². The number of fused-ring (bicyclic) bond motifs is 1. The summed E-state index contributed by atoms with van der Waals surface area (Å²) in [5.41, 5.74) is 2.54. The maximum absolute atomic E-state index is 12.7. The monoisotopic (exact) mass is 269 g/mol. The van der Waals surface area contributed by atoms with Crippen LogP contribution in [0.5, 0.6) is 0 Å². The van der Waals surface area contributed by atoms with E-state index in [0.29, 0.717) is 26.3 Å². The van der Waals surface area contributed by atoms with Crippen molar-refractivity contribution in [1.29, 1.82) is 0 Å². The van der Waals surface area contributed by atoms with Crippen LogP contribution in [0.15, 0.2) is 24.3 Å². The van der Waals surface area contributed by atoms with E-state index in [-0.39, 0.29) is 0 Å². The summed E-state index contributed by atoms with van der Waals surface area (Å²) in [5, 5.41) is 0. The maximum Gasteiger partial charge on any atom is 0.408 e. The van der Waals surface area contributed by atoms with Gasteiger partial charge in [0.1, 0.15) is 0 Å². The van der Waals surface area contributed by atoms with E-state index < -0.39 is 7.75 Å². The first kappa shape index (κ1) is 13.8. The molecule has 0 aromatic heterocycles. The molecule has 1 aliphatic rings. The standard InChI is InChI=1S/C13H20NO3P/c1-3-16-18(15,17-4-2)14-10-9-12-7-5-6-8-13(12)11-14/h5-8H,3-4,9-11H2,1-2H3. The van der Waals surface area contributed by atoms with Crippen LogP contribution in [0.1, 0.15) is 25.0 Å². The molecule has 1 aliphatic heterocycles. The minimum Gasteiger partial charge on any atom is -0.297 e. The molecule has 0 atom stereocenters. The largest absolute Gasteiger partial charge is 0.408 e. The summed E-state index contributed by atoms with van der Waals surface area (Å²) >= 11 is 0. The molecule has 1 heterocycles. The van der Waals surface area contributed by atoms with E-state index in [2.05, 4.69) is 12.1 Å². The lowest BCUT2D eigenvalue weighted by atomic mass is 10.0. The predicted octanol–water partition coefficient (Wildman–Crippen LogP) is 3.23. The summed E-state index contributed by atoms with van der Waals surface area (Å²) in [6, 6.07) is 8.25. The van der Waals surface area contributed by atoms with E-state index in [4.69, 9.17) is 9.05 Å². The Morgan fingerprint density at radius 2 is 1.78 bits per heavy atom. The van der Waals surface area contributed by atoms with Crippen LogP contribution >= 0.6 is 7.75 Å². The molecule has 5 heteroatoms. The zero-order valence-electron chi connectivity index (χ0n) is 11.0. The fourth-order valence-electron chi connectivity index (χ4n) is 2.22. The first-order valence-electron chi connectivity index (χ1n) is 6.41. The van der Waals surface area contributed by atoms with Crippen LogP contribution < -0.4 is 0 Å². The van der Waals surface area contributed by atoms with Gasteiger partial charge in [0.2, 0.25) is 0 Å². The second kappa shape index (κ2) is 5.98. The van der Waals surface area contributed by atoms with Crippen molar-refractivity contribution in [3.63, 3.8) is 0 Å². The molecular weight excluding hydrogens is 249 g/mol. The Hall–Kier alpha value is -0.670. The van der Waals surface area contributed by atoms with Crippen molar-refractivity contribution in [3.8, 4) is 0 Å². The quantitative estimate of drug-likeness (QED) is 0.769. The summed E-state index contributed by atoms with van der Waals surface area (Å²) in [4.78, 5) is 0. The SMILES string of the molecule is CCOP(=O)(OCC)N1CCc2ccccc2C1. The highest BCUT2D eigenvalue weighted by molar-refractivity contribution is 7.51. The third-order valence-electron chi connectivity index (χ3n) is 3.04. The van der Waals surface area contributed by atoms with Crippen LogP contribution in [0.2, 0.25) is 0 Å². The molecule has 4 nitrogen and oxygen atoms in total. The molecule has 0 spiro atoms. The zero-order chi connectivity index (χ0) is 13.0. The average molecular weight is 269 g/mol. The molecule has 0 unspecified atom stereocenters. The summed E-state index contributed by atoms with van der Waals surface area (Å²) in [5.74, 6) is 0. The molecule has 0 bridgehead atoms. The Balaban J connectivity index is 2.18. The van der Waals surface area contributed by atoms with Gasteiger partial charge in [-0.1, -0.05) is 24.3 Å². The number of benzene rings is 1. The van der Waals surface area contributed by atoms with E-state index in [1.54, 1.807) is 0 Å². The molecule has 18 heavy (non-hydrogen) atoms. The maximum atomic E-state index is 12.7. The van der Waals surface area contributed by atoms with Gasteiger partial charge in [-0.25, -0.2) is 9.24 Å². The van der Waals surface area contributed by atoms with Gasteiger partial charge in [-0.2, -0.15) is 0 Å². The predicted molar refractivity (Wildman–Crippen MR) is 71.4 cm³/mol. The Bertz CT molecular complexity index is 440. The molecule has 0 amide bonds. The minimum absolute atomic E-state index is 0.398. The molecule has 0 saturated carbocycles. The highest BCUT2D eigenvalue weighted by Crippen LogP contribution is 2.53. The molecular formula is C13H20NO3P. The van der Waals surface area contributed by atoms with Crippen molar-refractivity contribution in [2.45, 2.75) is 26.8 Å². The molecule has 0 N–H and O–H groups in total. The van der Waals surface area contributed by atoms with Gasteiger partial charge < -0.3 is 0 Å². The van der Waals surface area contributed by atoms with E-state index in [9.17, 15) is 4.57 Å². The van der Waals surface area contributed by atoms with Crippen molar-refractivity contribution < 1.29 is 13.6 Å². The minimum atomic E-state index is -3.12. The third-order valence-corrected chi connectivity index (χ3v) is 5.24. The van der Waals surface area contributed by atoms with Crippen molar-refractivity contribution >= 4 is 7.75 Å². The summed E-state index contributed by atoms with van der Waals surface area (Å²) < 4.78 is 25.3. The highest BCUT2D eigenvalue weighted by Gasteiger charge is 2.35. The number of hydrogen-bond donors (Lipinski definition) is 0. The van der Waals surface area contributed by atoms with Gasteiger partial charge in [0.25, 0.3) is 0 Å². The third kappa shape index (κ3) is 2.83. The topological polar surface area (TPSA) is 38.8 Å². The fourth-order valence-corrected chi connectivity index (χ4v) is 3.94. The first-order chi connectivity index (χ1) is 8.69. The summed E-state index contributed by atoms with van der Waals surface area (Å²) in [7, 11) is -3.12. The lowest BCUT2D eigenvalue weighted by Crippen LogP contribution is -2.29. The molecule has 1 aromatic rings. The fraction of sp³-hybridized carbons (Fsp3) is 0.538. The smallest absolute Gasteiger partial charge is 0.297 e. The molecule has 0 radical (unpaired) electrons. The van der Waals surface area contributed by atoms with Crippen molar-refractivity contribution in [3.05, 3.63) is 35.4 Å². The van der Waals surface area contributed by atoms with E-state index in [1.807, 2.05) is 30.7 Å². The van der Waals surface area contributed by atoms with Crippen molar-refractivity contribution in [2.24, 2.45) is 0 Å². The first-order valence-corrected chi connectivity index (χ1v) is 7.90. The summed E-state index contributed by atoms with van der Waals surface area (Å²) in [6.45, 7) is 5.82. The number of nitrogens with zero attached hydrogens (tertiary/aromatic N) is 1. The van der Waals surface area contributed by atoms with E-state index >= 15 is 0 Å². The van der Waals surface area contributed by atoms with Crippen LogP contribution in [0.3, 0.4) is 0 Å². The molecule has 1 aromatic carbocycles. The molecule has 0 saturated heterocycles. The van der Waals surface area contributed by atoms with Gasteiger partial charge in [0.15, 0.2) is 0 Å². The average Bonchev–Trinajstić information content (AvgIpc) is 2.39. The lowest BCUT2D eigenvalue weighted by Gasteiger charge is -2.33. The van der Waals surface area contributed by atoms with Gasteiger partial charge >= 0.3 is 7.75 Å². The van der Waals surface area contributed by atoms with E-state index in [1.165, 1.54) is 11.1 Å². The van der Waals surface area contributed by atoms with Crippen LogP contribution in [0, 0.1) is 0 Å².